The van der Waals surface area contributed by atoms with Gasteiger partial charge in [-0.25, -0.2) is 0 Å². The molecule has 2 heteroatoms. The molecule has 0 fully saturated rings. The number of rotatable bonds is 11. The molecule has 2 atom stereocenters. The first-order valence-corrected chi connectivity index (χ1v) is 8.57. The maximum atomic E-state index is 6.30. The van der Waals surface area contributed by atoms with Crippen LogP contribution in [0.15, 0.2) is 30.3 Å². The minimum atomic E-state index is 0.148. The van der Waals surface area contributed by atoms with Crippen LogP contribution in [0.1, 0.15) is 71.5 Å². The Labute approximate surface area is 131 Å². The van der Waals surface area contributed by atoms with Crippen molar-refractivity contribution < 1.29 is 4.74 Å². The van der Waals surface area contributed by atoms with E-state index < -0.39 is 0 Å². The molecule has 1 aromatic carbocycles. The van der Waals surface area contributed by atoms with Crippen molar-refractivity contribution >= 4 is 0 Å². The summed E-state index contributed by atoms with van der Waals surface area (Å²) in [6.07, 6.45) is 6.85. The quantitative estimate of drug-likeness (QED) is 0.573. The molecular weight excluding hydrogens is 258 g/mol. The third kappa shape index (κ3) is 8.23. The van der Waals surface area contributed by atoms with E-state index >= 15 is 0 Å². The van der Waals surface area contributed by atoms with E-state index in [4.69, 9.17) is 4.74 Å². The fourth-order valence-corrected chi connectivity index (χ4v) is 2.46. The van der Waals surface area contributed by atoms with Gasteiger partial charge in [-0.2, -0.15) is 0 Å². The molecule has 2 unspecified atom stereocenters. The van der Waals surface area contributed by atoms with Gasteiger partial charge in [-0.3, -0.25) is 0 Å². The van der Waals surface area contributed by atoms with Crippen LogP contribution in [0.2, 0.25) is 0 Å². The minimum absolute atomic E-state index is 0.148. The molecule has 0 aliphatic heterocycles. The van der Waals surface area contributed by atoms with E-state index in [2.05, 4.69) is 63.3 Å². The summed E-state index contributed by atoms with van der Waals surface area (Å²) in [6.45, 7) is 9.69. The van der Waals surface area contributed by atoms with Gasteiger partial charge >= 0.3 is 0 Å². The zero-order valence-corrected chi connectivity index (χ0v) is 14.3. The Hall–Kier alpha value is -0.860. The first kappa shape index (κ1) is 18.2. The van der Waals surface area contributed by atoms with Crippen LogP contribution in [0.4, 0.5) is 0 Å². The van der Waals surface area contributed by atoms with Gasteiger partial charge in [-0.1, -0.05) is 76.8 Å². The maximum absolute atomic E-state index is 6.30. The lowest BCUT2D eigenvalue weighted by atomic mass is 10.1. The van der Waals surface area contributed by atoms with Crippen molar-refractivity contribution in [3.05, 3.63) is 35.9 Å². The summed E-state index contributed by atoms with van der Waals surface area (Å²) in [5.74, 6) is 0. The molecule has 0 amide bonds. The van der Waals surface area contributed by atoms with Gasteiger partial charge in [-0.05, 0) is 18.9 Å². The molecule has 0 aliphatic carbocycles. The van der Waals surface area contributed by atoms with Gasteiger partial charge in [0.25, 0.3) is 0 Å². The standard InChI is InChI=1S/C19H33NO/c1-5-6-7-9-12-17(4)21-19(15-20-16(2)3)18-13-10-8-11-14-18/h8,10-11,13-14,16-17,19-20H,5-7,9,12,15H2,1-4H3. The van der Waals surface area contributed by atoms with Crippen molar-refractivity contribution in [1.82, 2.24) is 5.32 Å². The summed E-state index contributed by atoms with van der Waals surface area (Å²) in [6, 6.07) is 11.1. The number of hydrogen-bond donors (Lipinski definition) is 1. The second-order valence-corrected chi connectivity index (χ2v) is 6.26. The van der Waals surface area contributed by atoms with E-state index in [0.717, 1.165) is 13.0 Å². The molecule has 1 aromatic rings. The van der Waals surface area contributed by atoms with Gasteiger partial charge in [0, 0.05) is 12.6 Å². The molecule has 0 saturated carbocycles. The molecular formula is C19H33NO. The van der Waals surface area contributed by atoms with Crippen LogP contribution in [-0.4, -0.2) is 18.7 Å². The predicted octanol–water partition coefficient (Wildman–Crippen LogP) is 5.10. The predicted molar refractivity (Wildman–Crippen MR) is 91.6 cm³/mol. The number of benzene rings is 1. The van der Waals surface area contributed by atoms with Gasteiger partial charge in [0.1, 0.15) is 0 Å². The molecule has 0 bridgehead atoms. The van der Waals surface area contributed by atoms with Crippen molar-refractivity contribution in [2.45, 2.75) is 78.0 Å². The molecule has 0 aromatic heterocycles. The Balaban J connectivity index is 2.48. The van der Waals surface area contributed by atoms with E-state index in [1.807, 2.05) is 0 Å². The van der Waals surface area contributed by atoms with Gasteiger partial charge in [-0.15, -0.1) is 0 Å². The zero-order valence-electron chi connectivity index (χ0n) is 14.3. The lowest BCUT2D eigenvalue weighted by Crippen LogP contribution is -2.30. The van der Waals surface area contributed by atoms with E-state index in [-0.39, 0.29) is 6.10 Å². The highest BCUT2D eigenvalue weighted by Crippen LogP contribution is 2.21. The normalized spacial score (nSPS) is 14.3. The van der Waals surface area contributed by atoms with Crippen LogP contribution in [0, 0.1) is 0 Å². The van der Waals surface area contributed by atoms with Gasteiger partial charge in [0.2, 0.25) is 0 Å². The number of unbranched alkanes of at least 4 members (excludes halogenated alkanes) is 3. The van der Waals surface area contributed by atoms with Crippen molar-refractivity contribution in [2.75, 3.05) is 6.54 Å². The molecule has 0 radical (unpaired) electrons. The molecule has 120 valence electrons. The van der Waals surface area contributed by atoms with Gasteiger partial charge in [0.15, 0.2) is 0 Å². The van der Waals surface area contributed by atoms with Crippen LogP contribution in [-0.2, 0) is 4.74 Å². The summed E-state index contributed by atoms with van der Waals surface area (Å²) < 4.78 is 6.30. The first-order valence-electron chi connectivity index (χ1n) is 8.57. The highest BCUT2D eigenvalue weighted by molar-refractivity contribution is 5.18. The monoisotopic (exact) mass is 291 g/mol. The van der Waals surface area contributed by atoms with E-state index in [9.17, 15) is 0 Å². The van der Waals surface area contributed by atoms with Gasteiger partial charge in [0.05, 0.1) is 12.2 Å². The molecule has 2 nitrogen and oxygen atoms in total. The zero-order chi connectivity index (χ0) is 15.5. The van der Waals surface area contributed by atoms with E-state index in [1.165, 1.54) is 31.2 Å². The topological polar surface area (TPSA) is 21.3 Å². The SMILES string of the molecule is CCCCCCC(C)OC(CNC(C)C)c1ccccc1. The number of hydrogen-bond acceptors (Lipinski definition) is 2. The largest absolute Gasteiger partial charge is 0.369 e. The molecule has 0 saturated heterocycles. The number of ether oxygens (including phenoxy) is 1. The average molecular weight is 291 g/mol. The van der Waals surface area contributed by atoms with Crippen molar-refractivity contribution in [3.63, 3.8) is 0 Å². The number of nitrogens with one attached hydrogen (secondary N) is 1. The van der Waals surface area contributed by atoms with Crippen LogP contribution in [0.5, 0.6) is 0 Å². The fourth-order valence-electron chi connectivity index (χ4n) is 2.46. The second-order valence-electron chi connectivity index (χ2n) is 6.26. The summed E-state index contributed by atoms with van der Waals surface area (Å²) in [5.41, 5.74) is 1.27. The summed E-state index contributed by atoms with van der Waals surface area (Å²) in [5, 5.41) is 3.50. The third-order valence-corrected chi connectivity index (χ3v) is 3.74. The highest BCUT2D eigenvalue weighted by atomic mass is 16.5. The lowest BCUT2D eigenvalue weighted by molar-refractivity contribution is -0.00892. The van der Waals surface area contributed by atoms with Crippen LogP contribution in [0.25, 0.3) is 0 Å². The Morgan fingerprint density at radius 2 is 1.71 bits per heavy atom. The smallest absolute Gasteiger partial charge is 0.0952 e. The van der Waals surface area contributed by atoms with E-state index in [1.54, 1.807) is 0 Å². The molecule has 1 rings (SSSR count). The fraction of sp³-hybridized carbons (Fsp3) is 0.684. The van der Waals surface area contributed by atoms with E-state index in [0.29, 0.717) is 12.1 Å². The van der Waals surface area contributed by atoms with Crippen LogP contribution in [0.3, 0.4) is 0 Å². The van der Waals surface area contributed by atoms with Crippen LogP contribution >= 0.6 is 0 Å². The summed E-state index contributed by atoms with van der Waals surface area (Å²) in [4.78, 5) is 0. The Morgan fingerprint density at radius 1 is 1.00 bits per heavy atom. The maximum Gasteiger partial charge on any atom is 0.0952 e. The first-order chi connectivity index (χ1) is 10.1. The average Bonchev–Trinajstić information content (AvgIpc) is 2.48. The Bertz CT molecular complexity index is 350. The summed E-state index contributed by atoms with van der Waals surface area (Å²) >= 11 is 0. The molecule has 1 N–H and O–H groups in total. The Kier molecular flexibility index (Phi) is 9.36. The minimum Gasteiger partial charge on any atom is -0.369 e. The summed E-state index contributed by atoms with van der Waals surface area (Å²) in [7, 11) is 0. The second kappa shape index (κ2) is 10.8. The lowest BCUT2D eigenvalue weighted by Gasteiger charge is -2.24. The van der Waals surface area contributed by atoms with Crippen molar-refractivity contribution in [3.8, 4) is 0 Å². The van der Waals surface area contributed by atoms with Gasteiger partial charge < -0.3 is 10.1 Å². The molecule has 0 aliphatic rings. The molecule has 0 spiro atoms. The van der Waals surface area contributed by atoms with Crippen molar-refractivity contribution in [1.29, 1.82) is 0 Å². The van der Waals surface area contributed by atoms with Crippen molar-refractivity contribution in [2.24, 2.45) is 0 Å². The molecule has 21 heavy (non-hydrogen) atoms. The highest BCUT2D eigenvalue weighted by Gasteiger charge is 2.15. The molecule has 0 heterocycles. The van der Waals surface area contributed by atoms with Crippen LogP contribution < -0.4 is 5.32 Å². The Morgan fingerprint density at radius 3 is 2.33 bits per heavy atom. The third-order valence-electron chi connectivity index (χ3n) is 3.74.